The zero-order chi connectivity index (χ0) is 11.8. The number of fused-ring (bicyclic) bond motifs is 1. The zero-order valence-electron chi connectivity index (χ0n) is 8.51. The van der Waals surface area contributed by atoms with Crippen molar-refractivity contribution in [3.8, 4) is 5.69 Å². The van der Waals surface area contributed by atoms with Gasteiger partial charge in [0.1, 0.15) is 5.82 Å². The predicted molar refractivity (Wildman–Crippen MR) is 61.6 cm³/mol. The van der Waals surface area contributed by atoms with Crippen molar-refractivity contribution in [1.82, 2.24) is 20.0 Å². The molecule has 0 unspecified atom stereocenters. The van der Waals surface area contributed by atoms with Gasteiger partial charge < -0.3 is 0 Å². The number of nitrogens with zero attached hydrogens (tertiary/aromatic N) is 4. The number of hydrogen-bond acceptors (Lipinski definition) is 3. The molecule has 2 heterocycles. The van der Waals surface area contributed by atoms with Gasteiger partial charge in [0.2, 0.25) is 0 Å². The van der Waals surface area contributed by atoms with E-state index < -0.39 is 0 Å². The van der Waals surface area contributed by atoms with Gasteiger partial charge in [0, 0.05) is 6.20 Å². The highest BCUT2D eigenvalue weighted by Crippen LogP contribution is 2.20. The van der Waals surface area contributed by atoms with E-state index in [-0.39, 0.29) is 5.82 Å². The molecule has 0 N–H and O–H groups in total. The molecule has 0 aliphatic heterocycles. The van der Waals surface area contributed by atoms with Gasteiger partial charge in [-0.1, -0.05) is 16.8 Å². The second-order valence-corrected chi connectivity index (χ2v) is 3.81. The minimum absolute atomic E-state index is 0.294. The van der Waals surface area contributed by atoms with Crippen LogP contribution in [0.5, 0.6) is 0 Å². The minimum atomic E-state index is -0.294. The van der Waals surface area contributed by atoms with E-state index in [1.807, 2.05) is 0 Å². The molecule has 6 heteroatoms. The van der Waals surface area contributed by atoms with E-state index in [0.717, 1.165) is 11.2 Å². The molecule has 1 aromatic carbocycles. The molecule has 2 aromatic heterocycles. The smallest absolute Gasteiger partial charge is 0.158 e. The molecular weight excluding hydrogens is 243 g/mol. The molecule has 3 rings (SSSR count). The summed E-state index contributed by atoms with van der Waals surface area (Å²) in [5.41, 5.74) is 1.98. The lowest BCUT2D eigenvalue weighted by Gasteiger charge is -2.01. The van der Waals surface area contributed by atoms with Gasteiger partial charge in [0.05, 0.1) is 11.2 Å². The molecule has 0 aliphatic rings. The second kappa shape index (κ2) is 3.78. The van der Waals surface area contributed by atoms with Crippen molar-refractivity contribution in [3.05, 3.63) is 47.5 Å². The largest absolute Gasteiger partial charge is 0.242 e. The topological polar surface area (TPSA) is 43.6 Å². The van der Waals surface area contributed by atoms with Crippen molar-refractivity contribution < 1.29 is 4.39 Å². The van der Waals surface area contributed by atoms with Crippen LogP contribution in [-0.4, -0.2) is 20.0 Å². The summed E-state index contributed by atoms with van der Waals surface area (Å²) >= 11 is 5.90. The van der Waals surface area contributed by atoms with Crippen LogP contribution in [-0.2, 0) is 0 Å². The summed E-state index contributed by atoms with van der Waals surface area (Å²) in [4.78, 5) is 3.92. The number of hydrogen-bond donors (Lipinski definition) is 0. The van der Waals surface area contributed by atoms with E-state index in [9.17, 15) is 4.39 Å². The fourth-order valence-electron chi connectivity index (χ4n) is 1.59. The van der Waals surface area contributed by atoms with Gasteiger partial charge in [0.25, 0.3) is 0 Å². The maximum atomic E-state index is 12.8. The molecule has 0 saturated heterocycles. The lowest BCUT2D eigenvalue weighted by atomic mass is 10.3. The van der Waals surface area contributed by atoms with E-state index in [1.54, 1.807) is 29.1 Å². The Hall–Kier alpha value is -2.01. The molecule has 0 atom stereocenters. The Morgan fingerprint density at radius 2 is 1.88 bits per heavy atom. The van der Waals surface area contributed by atoms with Gasteiger partial charge in [0.15, 0.2) is 10.7 Å². The van der Waals surface area contributed by atoms with Crippen LogP contribution in [0, 0.1) is 5.82 Å². The summed E-state index contributed by atoms with van der Waals surface area (Å²) in [6.07, 6.45) is 1.58. The third-order valence-corrected chi connectivity index (χ3v) is 2.67. The van der Waals surface area contributed by atoms with Gasteiger partial charge in [-0.05, 0) is 30.3 Å². The first-order valence-electron chi connectivity index (χ1n) is 4.87. The van der Waals surface area contributed by atoms with E-state index in [4.69, 9.17) is 11.6 Å². The maximum absolute atomic E-state index is 12.8. The second-order valence-electron chi connectivity index (χ2n) is 3.45. The number of pyridine rings is 1. The molecule has 0 saturated carbocycles. The van der Waals surface area contributed by atoms with Crippen LogP contribution in [0.3, 0.4) is 0 Å². The Kier molecular flexibility index (Phi) is 2.26. The highest BCUT2D eigenvalue weighted by atomic mass is 35.5. The average Bonchev–Trinajstić information content (AvgIpc) is 2.75. The van der Waals surface area contributed by atoms with Crippen LogP contribution in [0.4, 0.5) is 4.39 Å². The molecule has 0 aliphatic carbocycles. The molecule has 17 heavy (non-hydrogen) atoms. The Morgan fingerprint density at radius 3 is 2.65 bits per heavy atom. The normalized spacial score (nSPS) is 10.9. The molecule has 0 amide bonds. The summed E-state index contributed by atoms with van der Waals surface area (Å²) in [6.45, 7) is 0. The summed E-state index contributed by atoms with van der Waals surface area (Å²) in [7, 11) is 0. The van der Waals surface area contributed by atoms with E-state index >= 15 is 0 Å². The molecule has 4 nitrogen and oxygen atoms in total. The number of benzene rings is 1. The number of aromatic nitrogens is 4. The van der Waals surface area contributed by atoms with Crippen molar-refractivity contribution in [1.29, 1.82) is 0 Å². The molecule has 0 bridgehead atoms. The van der Waals surface area contributed by atoms with Gasteiger partial charge >= 0.3 is 0 Å². The SMILES string of the molecule is Fc1ccc(-n2nnc3c(Cl)nccc32)cc1. The lowest BCUT2D eigenvalue weighted by molar-refractivity contribution is 0.627. The Morgan fingerprint density at radius 1 is 1.12 bits per heavy atom. The van der Waals surface area contributed by atoms with Crippen molar-refractivity contribution in [2.75, 3.05) is 0 Å². The highest BCUT2D eigenvalue weighted by Gasteiger charge is 2.09. The monoisotopic (exact) mass is 248 g/mol. The van der Waals surface area contributed by atoms with Gasteiger partial charge in [-0.3, -0.25) is 0 Å². The van der Waals surface area contributed by atoms with Crippen molar-refractivity contribution >= 4 is 22.6 Å². The zero-order valence-corrected chi connectivity index (χ0v) is 9.26. The van der Waals surface area contributed by atoms with Crippen LogP contribution in [0.1, 0.15) is 0 Å². The molecule has 0 spiro atoms. The fraction of sp³-hybridized carbons (Fsp3) is 0. The van der Waals surface area contributed by atoms with Gasteiger partial charge in [-0.2, -0.15) is 0 Å². The van der Waals surface area contributed by atoms with E-state index in [0.29, 0.717) is 10.7 Å². The molecule has 84 valence electrons. The highest BCUT2D eigenvalue weighted by molar-refractivity contribution is 6.33. The third kappa shape index (κ3) is 1.64. The van der Waals surface area contributed by atoms with Crippen LogP contribution in [0.25, 0.3) is 16.7 Å². The summed E-state index contributed by atoms with van der Waals surface area (Å²) < 4.78 is 14.4. The van der Waals surface area contributed by atoms with Gasteiger partial charge in [-0.15, -0.1) is 5.10 Å². The Labute approximate surface area is 101 Å². The predicted octanol–water partition coefficient (Wildman–Crippen LogP) is 2.61. The van der Waals surface area contributed by atoms with Crippen molar-refractivity contribution in [3.63, 3.8) is 0 Å². The molecular formula is C11H6ClFN4. The minimum Gasteiger partial charge on any atom is -0.242 e. The van der Waals surface area contributed by atoms with Crippen LogP contribution in [0.15, 0.2) is 36.5 Å². The summed E-state index contributed by atoms with van der Waals surface area (Å²) in [5, 5.41) is 8.22. The third-order valence-electron chi connectivity index (χ3n) is 2.39. The average molecular weight is 249 g/mol. The number of rotatable bonds is 1. The molecule has 0 radical (unpaired) electrons. The van der Waals surface area contributed by atoms with Crippen molar-refractivity contribution in [2.45, 2.75) is 0 Å². The van der Waals surface area contributed by atoms with Crippen molar-refractivity contribution in [2.24, 2.45) is 0 Å². The summed E-state index contributed by atoms with van der Waals surface area (Å²) in [5.74, 6) is -0.294. The molecule has 0 fully saturated rings. The lowest BCUT2D eigenvalue weighted by Crippen LogP contribution is -1.96. The first-order chi connectivity index (χ1) is 8.25. The fourth-order valence-corrected chi connectivity index (χ4v) is 1.78. The van der Waals surface area contributed by atoms with E-state index in [2.05, 4.69) is 15.3 Å². The maximum Gasteiger partial charge on any atom is 0.158 e. The quantitative estimate of drug-likeness (QED) is 0.622. The van der Waals surface area contributed by atoms with Gasteiger partial charge in [-0.25, -0.2) is 14.1 Å². The van der Waals surface area contributed by atoms with Crippen LogP contribution in [0.2, 0.25) is 5.15 Å². The van der Waals surface area contributed by atoms with Crippen LogP contribution < -0.4 is 0 Å². The summed E-state index contributed by atoms with van der Waals surface area (Å²) in [6, 6.07) is 7.73. The Balaban J connectivity index is 2.24. The first-order valence-corrected chi connectivity index (χ1v) is 5.25. The standard InChI is InChI=1S/C11H6ClFN4/c12-11-10-9(5-6-14-11)17(16-15-10)8-3-1-7(13)2-4-8/h1-6H. The first kappa shape index (κ1) is 10.2. The Bertz CT molecular complexity index is 678. The number of halogens is 2. The molecule has 3 aromatic rings. The van der Waals surface area contributed by atoms with Crippen LogP contribution >= 0.6 is 11.6 Å². The van der Waals surface area contributed by atoms with E-state index in [1.165, 1.54) is 12.1 Å².